The van der Waals surface area contributed by atoms with Gasteiger partial charge in [-0.3, -0.25) is 0 Å². The quantitative estimate of drug-likeness (QED) is 0.714. The van der Waals surface area contributed by atoms with E-state index in [-0.39, 0.29) is 5.82 Å². The van der Waals surface area contributed by atoms with Gasteiger partial charge < -0.3 is 5.32 Å². The van der Waals surface area contributed by atoms with Crippen molar-refractivity contribution in [3.8, 4) is 6.07 Å². The van der Waals surface area contributed by atoms with Gasteiger partial charge in [0.1, 0.15) is 5.82 Å². The third-order valence-corrected chi connectivity index (χ3v) is 1.66. The van der Waals surface area contributed by atoms with E-state index in [0.717, 1.165) is 5.56 Å². The highest BCUT2D eigenvalue weighted by Crippen LogP contribution is 2.01. The van der Waals surface area contributed by atoms with E-state index in [0.29, 0.717) is 19.5 Å². The standard InChI is InChI=1S/C10H11FN2/c11-10-4-2-9(3-5-10)8-13-7-1-6-12/h2-5,13H,1,7-8H2. The number of hydrogen-bond donors (Lipinski definition) is 1. The van der Waals surface area contributed by atoms with Crippen LogP contribution in [0.4, 0.5) is 4.39 Å². The van der Waals surface area contributed by atoms with Crippen molar-refractivity contribution in [1.82, 2.24) is 5.32 Å². The summed E-state index contributed by atoms with van der Waals surface area (Å²) in [5.74, 6) is -0.222. The van der Waals surface area contributed by atoms with Gasteiger partial charge in [-0.25, -0.2) is 4.39 Å². The summed E-state index contributed by atoms with van der Waals surface area (Å²) in [6.45, 7) is 1.36. The van der Waals surface area contributed by atoms with Crippen LogP contribution in [-0.4, -0.2) is 6.54 Å². The van der Waals surface area contributed by atoms with E-state index in [4.69, 9.17) is 5.26 Å². The molecule has 0 saturated carbocycles. The number of nitrogens with one attached hydrogen (secondary N) is 1. The maximum atomic E-state index is 12.5. The molecule has 0 aromatic heterocycles. The average molecular weight is 178 g/mol. The molecule has 0 spiro atoms. The molecule has 3 heteroatoms. The van der Waals surface area contributed by atoms with Crippen LogP contribution in [0.1, 0.15) is 12.0 Å². The molecule has 1 N–H and O–H groups in total. The first-order chi connectivity index (χ1) is 6.33. The summed E-state index contributed by atoms with van der Waals surface area (Å²) in [5.41, 5.74) is 1.03. The fourth-order valence-corrected chi connectivity index (χ4v) is 0.979. The van der Waals surface area contributed by atoms with Crippen LogP contribution in [-0.2, 0) is 6.54 Å². The largest absolute Gasteiger partial charge is 0.312 e. The molecule has 0 aliphatic carbocycles. The maximum Gasteiger partial charge on any atom is 0.123 e. The topological polar surface area (TPSA) is 35.8 Å². The first-order valence-electron chi connectivity index (χ1n) is 4.15. The van der Waals surface area contributed by atoms with Crippen molar-refractivity contribution < 1.29 is 4.39 Å². The Morgan fingerprint density at radius 2 is 2.00 bits per heavy atom. The Morgan fingerprint density at radius 3 is 2.62 bits per heavy atom. The Kier molecular flexibility index (Phi) is 3.94. The molecule has 13 heavy (non-hydrogen) atoms. The number of nitriles is 1. The van der Waals surface area contributed by atoms with Crippen molar-refractivity contribution in [3.63, 3.8) is 0 Å². The minimum atomic E-state index is -0.222. The fourth-order valence-electron chi connectivity index (χ4n) is 0.979. The molecule has 0 amide bonds. The van der Waals surface area contributed by atoms with Gasteiger partial charge in [0.25, 0.3) is 0 Å². The Balaban J connectivity index is 2.30. The molecule has 0 saturated heterocycles. The summed E-state index contributed by atoms with van der Waals surface area (Å²) in [7, 11) is 0. The van der Waals surface area contributed by atoms with Crippen molar-refractivity contribution in [2.24, 2.45) is 0 Å². The number of halogens is 1. The van der Waals surface area contributed by atoms with E-state index in [2.05, 4.69) is 5.32 Å². The smallest absolute Gasteiger partial charge is 0.123 e. The van der Waals surface area contributed by atoms with E-state index < -0.39 is 0 Å². The van der Waals surface area contributed by atoms with Crippen molar-refractivity contribution in [3.05, 3.63) is 35.6 Å². The molecule has 1 aromatic carbocycles. The van der Waals surface area contributed by atoms with E-state index in [1.807, 2.05) is 6.07 Å². The number of benzene rings is 1. The Morgan fingerprint density at radius 1 is 1.31 bits per heavy atom. The summed E-state index contributed by atoms with van der Waals surface area (Å²) in [4.78, 5) is 0. The van der Waals surface area contributed by atoms with Gasteiger partial charge in [0.15, 0.2) is 0 Å². The molecule has 1 aromatic rings. The molecule has 0 aliphatic heterocycles. The Labute approximate surface area is 77.0 Å². The predicted octanol–water partition coefficient (Wildman–Crippen LogP) is 1.83. The molecule has 1 rings (SSSR count). The van der Waals surface area contributed by atoms with Crippen LogP contribution >= 0.6 is 0 Å². The molecule has 2 nitrogen and oxygen atoms in total. The fraction of sp³-hybridized carbons (Fsp3) is 0.300. The highest BCUT2D eigenvalue weighted by molar-refractivity contribution is 5.15. The zero-order valence-electron chi connectivity index (χ0n) is 7.26. The average Bonchev–Trinajstić information content (AvgIpc) is 2.15. The third-order valence-electron chi connectivity index (χ3n) is 1.66. The lowest BCUT2D eigenvalue weighted by atomic mass is 10.2. The molecule has 0 aliphatic rings. The predicted molar refractivity (Wildman–Crippen MR) is 48.3 cm³/mol. The molecular formula is C10H11FN2. The first-order valence-corrected chi connectivity index (χ1v) is 4.15. The van der Waals surface area contributed by atoms with Crippen LogP contribution in [0.3, 0.4) is 0 Å². The van der Waals surface area contributed by atoms with E-state index in [9.17, 15) is 4.39 Å². The molecule has 0 radical (unpaired) electrons. The van der Waals surface area contributed by atoms with Crippen molar-refractivity contribution in [2.75, 3.05) is 6.54 Å². The third kappa shape index (κ3) is 3.68. The van der Waals surface area contributed by atoms with Gasteiger partial charge in [0, 0.05) is 19.5 Å². The lowest BCUT2D eigenvalue weighted by molar-refractivity contribution is 0.625. The number of rotatable bonds is 4. The highest BCUT2D eigenvalue weighted by atomic mass is 19.1. The second kappa shape index (κ2) is 5.28. The van der Waals surface area contributed by atoms with Crippen LogP contribution in [0.25, 0.3) is 0 Å². The Bertz CT molecular complexity index is 287. The van der Waals surface area contributed by atoms with Gasteiger partial charge in [-0.1, -0.05) is 12.1 Å². The van der Waals surface area contributed by atoms with Crippen molar-refractivity contribution >= 4 is 0 Å². The van der Waals surface area contributed by atoms with Crippen LogP contribution in [0.5, 0.6) is 0 Å². The van der Waals surface area contributed by atoms with Crippen LogP contribution < -0.4 is 5.32 Å². The molecule has 68 valence electrons. The van der Waals surface area contributed by atoms with Crippen molar-refractivity contribution in [2.45, 2.75) is 13.0 Å². The van der Waals surface area contributed by atoms with Gasteiger partial charge in [0.2, 0.25) is 0 Å². The van der Waals surface area contributed by atoms with Crippen molar-refractivity contribution in [1.29, 1.82) is 5.26 Å². The maximum absolute atomic E-state index is 12.5. The highest BCUT2D eigenvalue weighted by Gasteiger charge is 1.92. The number of nitrogens with zero attached hydrogens (tertiary/aromatic N) is 1. The Hall–Kier alpha value is -1.40. The minimum absolute atomic E-state index is 0.222. The van der Waals surface area contributed by atoms with Gasteiger partial charge in [-0.15, -0.1) is 0 Å². The van der Waals surface area contributed by atoms with Gasteiger partial charge >= 0.3 is 0 Å². The number of hydrogen-bond acceptors (Lipinski definition) is 2. The molecule has 0 unspecified atom stereocenters. The summed E-state index contributed by atoms with van der Waals surface area (Å²) in [5, 5.41) is 11.3. The van der Waals surface area contributed by atoms with Crippen LogP contribution in [0.2, 0.25) is 0 Å². The molecule has 0 heterocycles. The van der Waals surface area contributed by atoms with Crippen LogP contribution in [0, 0.1) is 17.1 Å². The van der Waals surface area contributed by atoms with Crippen LogP contribution in [0.15, 0.2) is 24.3 Å². The van der Waals surface area contributed by atoms with E-state index >= 15 is 0 Å². The van der Waals surface area contributed by atoms with Gasteiger partial charge in [-0.05, 0) is 17.7 Å². The molecule has 0 bridgehead atoms. The lowest BCUT2D eigenvalue weighted by Crippen LogP contribution is -2.13. The van der Waals surface area contributed by atoms with Gasteiger partial charge in [0.05, 0.1) is 6.07 Å². The van der Waals surface area contributed by atoms with E-state index in [1.54, 1.807) is 12.1 Å². The summed E-state index contributed by atoms with van der Waals surface area (Å²) in [6.07, 6.45) is 0.501. The normalized spacial score (nSPS) is 9.54. The summed E-state index contributed by atoms with van der Waals surface area (Å²) >= 11 is 0. The molecular weight excluding hydrogens is 167 g/mol. The first kappa shape index (κ1) is 9.69. The SMILES string of the molecule is N#CCCNCc1ccc(F)cc1. The zero-order valence-corrected chi connectivity index (χ0v) is 7.26. The van der Waals surface area contributed by atoms with E-state index in [1.165, 1.54) is 12.1 Å². The van der Waals surface area contributed by atoms with Gasteiger partial charge in [-0.2, -0.15) is 5.26 Å². The zero-order chi connectivity index (χ0) is 9.52. The monoisotopic (exact) mass is 178 g/mol. The molecule has 0 atom stereocenters. The second-order valence-corrected chi connectivity index (χ2v) is 2.71. The second-order valence-electron chi connectivity index (χ2n) is 2.71. The minimum Gasteiger partial charge on any atom is -0.312 e. The molecule has 0 fully saturated rings. The summed E-state index contributed by atoms with van der Waals surface area (Å²) in [6, 6.07) is 8.37. The summed E-state index contributed by atoms with van der Waals surface area (Å²) < 4.78 is 12.5. The lowest BCUT2D eigenvalue weighted by Gasteiger charge is -2.01.